The second-order valence-electron chi connectivity index (χ2n) is 7.46. The Morgan fingerprint density at radius 3 is 2.50 bits per heavy atom. The van der Waals surface area contributed by atoms with E-state index in [1.165, 1.54) is 6.33 Å². The van der Waals surface area contributed by atoms with Gasteiger partial charge >= 0.3 is 0 Å². The highest BCUT2D eigenvalue weighted by atomic mass is 19.2. The molecule has 0 aliphatic carbocycles. The van der Waals surface area contributed by atoms with Crippen LogP contribution < -0.4 is 16.4 Å². The van der Waals surface area contributed by atoms with Crippen molar-refractivity contribution >= 4 is 34.2 Å². The molecule has 3 aromatic carbocycles. The summed E-state index contributed by atoms with van der Waals surface area (Å²) in [6.45, 7) is 1.36. The summed E-state index contributed by atoms with van der Waals surface area (Å²) in [6.07, 6.45) is 1.31. The molecule has 0 bridgehead atoms. The molecule has 4 N–H and O–H groups in total. The molecule has 1 aromatic heterocycles. The van der Waals surface area contributed by atoms with Gasteiger partial charge in [0, 0.05) is 23.2 Å². The number of anilines is 2. The molecule has 7 nitrogen and oxygen atoms in total. The van der Waals surface area contributed by atoms with Crippen molar-refractivity contribution in [3.63, 3.8) is 0 Å². The van der Waals surface area contributed by atoms with Crippen molar-refractivity contribution in [2.24, 2.45) is 5.73 Å². The summed E-state index contributed by atoms with van der Waals surface area (Å²) in [5.74, 6) is -4.96. The molecule has 10 heteroatoms. The van der Waals surface area contributed by atoms with Crippen LogP contribution in [-0.2, 0) is 6.54 Å². The summed E-state index contributed by atoms with van der Waals surface area (Å²) < 4.78 is 41.7. The predicted octanol–water partition coefficient (Wildman–Crippen LogP) is 4.32. The van der Waals surface area contributed by atoms with Crippen LogP contribution in [0.15, 0.2) is 54.9 Å². The first-order chi connectivity index (χ1) is 16.3. The Hall–Kier alpha value is -4.47. The zero-order chi connectivity index (χ0) is 24.4. The molecule has 0 saturated heterocycles. The molecule has 0 unspecified atom stereocenters. The van der Waals surface area contributed by atoms with Crippen LogP contribution in [0.5, 0.6) is 0 Å². The summed E-state index contributed by atoms with van der Waals surface area (Å²) in [5.41, 5.74) is 5.87. The van der Waals surface area contributed by atoms with Crippen LogP contribution in [0.4, 0.5) is 24.7 Å². The van der Waals surface area contributed by atoms with Crippen LogP contribution in [0.1, 0.15) is 31.8 Å². The van der Waals surface area contributed by atoms with E-state index in [9.17, 15) is 22.8 Å². The molecule has 1 heterocycles. The number of para-hydroxylation sites is 1. The molecule has 4 rings (SSSR count). The first-order valence-electron chi connectivity index (χ1n) is 10.1. The van der Waals surface area contributed by atoms with Crippen molar-refractivity contribution in [2.45, 2.75) is 13.5 Å². The number of rotatable bonds is 6. The van der Waals surface area contributed by atoms with E-state index in [-0.39, 0.29) is 12.1 Å². The molecule has 0 spiro atoms. The summed E-state index contributed by atoms with van der Waals surface area (Å²) in [5, 5.41) is 6.18. The maximum absolute atomic E-state index is 14.1. The molecular weight excluding hydrogens is 447 g/mol. The van der Waals surface area contributed by atoms with E-state index in [0.29, 0.717) is 28.5 Å². The standard InChI is InChI=1S/C24H18F3N5O2/c1-12-18(25)9-17(20(27)19(12)26)24(34)32-14-5-2-4-13(8-14)10-29-23-16-7-3-6-15(22(28)33)21(16)30-11-31-23/h2-9,11H,10H2,1H3,(H2,28,33)(H,32,34)(H,29,30,31). The fraction of sp³-hybridized carbons (Fsp3) is 0.0833. The Bertz CT molecular complexity index is 1440. The number of benzene rings is 3. The maximum atomic E-state index is 14.1. The van der Waals surface area contributed by atoms with Crippen molar-refractivity contribution in [1.82, 2.24) is 9.97 Å². The number of hydrogen-bond acceptors (Lipinski definition) is 5. The summed E-state index contributed by atoms with van der Waals surface area (Å²) in [4.78, 5) is 32.4. The van der Waals surface area contributed by atoms with Gasteiger partial charge in [0.2, 0.25) is 0 Å². The number of nitrogens with two attached hydrogens (primary N) is 1. The van der Waals surface area contributed by atoms with Gasteiger partial charge in [0.25, 0.3) is 11.8 Å². The minimum atomic E-state index is -1.42. The summed E-state index contributed by atoms with van der Waals surface area (Å²) in [7, 11) is 0. The Morgan fingerprint density at radius 1 is 0.971 bits per heavy atom. The van der Waals surface area contributed by atoms with Crippen molar-refractivity contribution in [3.05, 3.63) is 94.6 Å². The lowest BCUT2D eigenvalue weighted by Gasteiger charge is -2.12. The van der Waals surface area contributed by atoms with Crippen LogP contribution >= 0.6 is 0 Å². The predicted molar refractivity (Wildman–Crippen MR) is 121 cm³/mol. The number of primary amides is 1. The molecule has 172 valence electrons. The van der Waals surface area contributed by atoms with Gasteiger partial charge in [-0.05, 0) is 42.8 Å². The van der Waals surface area contributed by atoms with Crippen molar-refractivity contribution in [1.29, 1.82) is 0 Å². The molecule has 0 fully saturated rings. The van der Waals surface area contributed by atoms with E-state index in [1.807, 2.05) is 0 Å². The van der Waals surface area contributed by atoms with E-state index in [2.05, 4.69) is 20.6 Å². The molecule has 0 aliphatic heterocycles. The van der Waals surface area contributed by atoms with Crippen molar-refractivity contribution in [2.75, 3.05) is 10.6 Å². The van der Waals surface area contributed by atoms with Crippen LogP contribution in [0.25, 0.3) is 10.9 Å². The van der Waals surface area contributed by atoms with Gasteiger partial charge in [-0.25, -0.2) is 23.1 Å². The average Bonchev–Trinajstić information content (AvgIpc) is 2.83. The van der Waals surface area contributed by atoms with Gasteiger partial charge in [-0.15, -0.1) is 0 Å². The number of carbonyl (C=O) groups is 2. The first kappa shape index (κ1) is 22.7. The normalized spacial score (nSPS) is 10.8. The third kappa shape index (κ3) is 4.38. The molecule has 34 heavy (non-hydrogen) atoms. The van der Waals surface area contributed by atoms with Crippen molar-refractivity contribution in [3.8, 4) is 0 Å². The van der Waals surface area contributed by atoms with Gasteiger partial charge in [0.05, 0.1) is 16.6 Å². The van der Waals surface area contributed by atoms with E-state index < -0.39 is 40.4 Å². The molecule has 4 aromatic rings. The number of hydrogen-bond donors (Lipinski definition) is 3. The summed E-state index contributed by atoms with van der Waals surface area (Å²) in [6, 6.07) is 12.2. The topological polar surface area (TPSA) is 110 Å². The molecule has 0 atom stereocenters. The quantitative estimate of drug-likeness (QED) is 0.368. The molecular formula is C24H18F3N5O2. The molecule has 0 aliphatic rings. The molecule has 2 amide bonds. The number of fused-ring (bicyclic) bond motifs is 1. The Morgan fingerprint density at radius 2 is 1.74 bits per heavy atom. The third-order valence-electron chi connectivity index (χ3n) is 5.21. The monoisotopic (exact) mass is 465 g/mol. The Labute approximate surface area is 191 Å². The third-order valence-corrected chi connectivity index (χ3v) is 5.21. The van der Waals surface area contributed by atoms with Crippen LogP contribution in [0.3, 0.4) is 0 Å². The van der Waals surface area contributed by atoms with Gasteiger partial charge in [-0.2, -0.15) is 0 Å². The largest absolute Gasteiger partial charge is 0.366 e. The minimum absolute atomic E-state index is 0.267. The zero-order valence-electron chi connectivity index (χ0n) is 17.8. The van der Waals surface area contributed by atoms with E-state index >= 15 is 0 Å². The Balaban J connectivity index is 1.53. The maximum Gasteiger partial charge on any atom is 0.258 e. The zero-order valence-corrected chi connectivity index (χ0v) is 17.8. The number of nitrogens with zero attached hydrogens (tertiary/aromatic N) is 2. The fourth-order valence-electron chi connectivity index (χ4n) is 3.42. The number of aromatic nitrogens is 2. The fourth-order valence-corrected chi connectivity index (χ4v) is 3.42. The van der Waals surface area contributed by atoms with Gasteiger partial charge < -0.3 is 16.4 Å². The molecule has 0 radical (unpaired) electrons. The lowest BCUT2D eigenvalue weighted by molar-refractivity contribution is 0.0998. The van der Waals surface area contributed by atoms with Crippen molar-refractivity contribution < 1.29 is 22.8 Å². The smallest absolute Gasteiger partial charge is 0.258 e. The number of halogens is 3. The van der Waals surface area contributed by atoms with Gasteiger partial charge in [0.1, 0.15) is 18.0 Å². The highest BCUT2D eigenvalue weighted by Gasteiger charge is 2.21. The Kier molecular flexibility index (Phi) is 6.13. The van der Waals surface area contributed by atoms with E-state index in [4.69, 9.17) is 5.73 Å². The highest BCUT2D eigenvalue weighted by molar-refractivity contribution is 6.07. The minimum Gasteiger partial charge on any atom is -0.366 e. The number of nitrogens with one attached hydrogen (secondary N) is 2. The lowest BCUT2D eigenvalue weighted by atomic mass is 10.1. The van der Waals surface area contributed by atoms with Gasteiger partial charge in [-0.1, -0.05) is 18.2 Å². The van der Waals surface area contributed by atoms with Crippen LogP contribution in [0.2, 0.25) is 0 Å². The average molecular weight is 465 g/mol. The highest BCUT2D eigenvalue weighted by Crippen LogP contribution is 2.24. The SMILES string of the molecule is Cc1c(F)cc(C(=O)Nc2cccc(CNc3ncnc4c(C(N)=O)cccc34)c2)c(F)c1F. The van der Waals surface area contributed by atoms with Gasteiger partial charge in [-0.3, -0.25) is 9.59 Å². The van der Waals surface area contributed by atoms with Gasteiger partial charge in [0.15, 0.2) is 11.6 Å². The first-order valence-corrected chi connectivity index (χ1v) is 10.1. The van der Waals surface area contributed by atoms with Crippen LogP contribution in [0, 0.1) is 24.4 Å². The second-order valence-corrected chi connectivity index (χ2v) is 7.46. The number of amides is 2. The van der Waals surface area contributed by atoms with E-state index in [1.54, 1.807) is 42.5 Å². The lowest BCUT2D eigenvalue weighted by Crippen LogP contribution is -2.16. The van der Waals surface area contributed by atoms with Crippen LogP contribution in [-0.4, -0.2) is 21.8 Å². The summed E-state index contributed by atoms with van der Waals surface area (Å²) >= 11 is 0. The van der Waals surface area contributed by atoms with E-state index in [0.717, 1.165) is 12.5 Å². The number of carbonyl (C=O) groups excluding carboxylic acids is 2. The second kappa shape index (κ2) is 9.18. The molecule has 0 saturated carbocycles.